The van der Waals surface area contributed by atoms with Gasteiger partial charge in [-0.05, 0) is 48.2 Å². The number of ether oxygens (including phenoxy) is 1. The van der Waals surface area contributed by atoms with Crippen LogP contribution in [0.1, 0.15) is 55.0 Å². The molecule has 33 heavy (non-hydrogen) atoms. The summed E-state index contributed by atoms with van der Waals surface area (Å²) in [5, 5.41) is 5.21. The van der Waals surface area contributed by atoms with Gasteiger partial charge in [-0.15, -0.1) is 0 Å². The van der Waals surface area contributed by atoms with Crippen molar-refractivity contribution in [1.82, 2.24) is 9.66 Å². The highest BCUT2D eigenvalue weighted by Gasteiger charge is 2.22. The molecule has 0 saturated heterocycles. The molecule has 166 valence electrons. The summed E-state index contributed by atoms with van der Waals surface area (Å²) in [6.45, 7) is 0.501. The van der Waals surface area contributed by atoms with Gasteiger partial charge in [-0.1, -0.05) is 73.9 Å². The average molecular weight is 438 g/mol. The molecule has 4 aromatic rings. The van der Waals surface area contributed by atoms with Crippen molar-refractivity contribution in [2.45, 2.75) is 44.6 Å². The second-order valence-corrected chi connectivity index (χ2v) is 8.53. The Labute approximate surface area is 193 Å². The van der Waals surface area contributed by atoms with Crippen LogP contribution in [0.25, 0.3) is 10.9 Å². The monoisotopic (exact) mass is 437 g/mol. The van der Waals surface area contributed by atoms with Gasteiger partial charge in [0.1, 0.15) is 18.2 Å². The van der Waals surface area contributed by atoms with E-state index in [4.69, 9.17) is 9.72 Å². The van der Waals surface area contributed by atoms with Crippen LogP contribution in [0.4, 0.5) is 0 Å². The molecule has 1 saturated carbocycles. The van der Waals surface area contributed by atoms with Gasteiger partial charge in [-0.25, -0.2) is 4.98 Å². The van der Waals surface area contributed by atoms with Crippen molar-refractivity contribution in [3.05, 3.63) is 106 Å². The molecule has 0 unspecified atom stereocenters. The van der Waals surface area contributed by atoms with E-state index in [9.17, 15) is 4.79 Å². The molecular weight excluding hydrogens is 410 g/mol. The number of nitrogens with zero attached hydrogens (tertiary/aromatic N) is 3. The van der Waals surface area contributed by atoms with Crippen LogP contribution in [-0.4, -0.2) is 15.9 Å². The van der Waals surface area contributed by atoms with E-state index in [1.807, 2.05) is 78.9 Å². The summed E-state index contributed by atoms with van der Waals surface area (Å²) in [6, 6.07) is 25.3. The number of hydrogen-bond acceptors (Lipinski definition) is 4. The third-order valence-corrected chi connectivity index (χ3v) is 6.18. The first-order chi connectivity index (χ1) is 16.3. The summed E-state index contributed by atoms with van der Waals surface area (Å²) in [7, 11) is 0. The Bertz CT molecular complexity index is 1320. The minimum atomic E-state index is -0.117. The van der Waals surface area contributed by atoms with E-state index < -0.39 is 0 Å². The van der Waals surface area contributed by atoms with E-state index in [1.165, 1.54) is 11.1 Å². The Morgan fingerprint density at radius 2 is 1.73 bits per heavy atom. The third-order valence-electron chi connectivity index (χ3n) is 6.18. The molecule has 0 atom stereocenters. The van der Waals surface area contributed by atoms with Crippen molar-refractivity contribution in [2.75, 3.05) is 0 Å². The second-order valence-electron chi connectivity index (χ2n) is 8.53. The first-order valence-electron chi connectivity index (χ1n) is 11.6. The van der Waals surface area contributed by atoms with Gasteiger partial charge in [0.25, 0.3) is 5.56 Å². The molecule has 1 aromatic heterocycles. The first kappa shape index (κ1) is 21.1. The summed E-state index contributed by atoms with van der Waals surface area (Å²) in [5.74, 6) is 1.79. The fourth-order valence-corrected chi connectivity index (χ4v) is 4.43. The molecular formula is C28H27N3O2. The topological polar surface area (TPSA) is 56.5 Å². The molecule has 5 nitrogen and oxygen atoms in total. The molecule has 1 aliphatic rings. The smallest absolute Gasteiger partial charge is 0.282 e. The highest BCUT2D eigenvalue weighted by atomic mass is 16.5. The van der Waals surface area contributed by atoms with Crippen LogP contribution in [0.5, 0.6) is 5.75 Å². The number of benzene rings is 3. The standard InChI is InChI=1S/C28H27N3O2/c32-28-25-16-7-8-17-26(25)30-27(23-13-5-2-6-14-23)31(28)29-19-22-12-9-15-24(18-22)33-20-21-10-3-1-4-11-21/h1,3-4,7-12,15-19,23H,2,5-6,13-14,20H2. The van der Waals surface area contributed by atoms with Crippen LogP contribution in [0.2, 0.25) is 0 Å². The van der Waals surface area contributed by atoms with Crippen LogP contribution in [-0.2, 0) is 6.61 Å². The maximum atomic E-state index is 13.3. The van der Waals surface area contributed by atoms with Crippen molar-refractivity contribution in [1.29, 1.82) is 0 Å². The zero-order chi connectivity index (χ0) is 22.5. The third kappa shape index (κ3) is 4.87. The minimum Gasteiger partial charge on any atom is -0.489 e. The largest absolute Gasteiger partial charge is 0.489 e. The predicted molar refractivity (Wildman–Crippen MR) is 132 cm³/mol. The van der Waals surface area contributed by atoms with Gasteiger partial charge in [0.05, 0.1) is 17.1 Å². The van der Waals surface area contributed by atoms with Gasteiger partial charge in [-0.2, -0.15) is 9.78 Å². The molecule has 1 aliphatic carbocycles. The Balaban J connectivity index is 1.45. The number of fused-ring (bicyclic) bond motifs is 1. The van der Waals surface area contributed by atoms with Crippen LogP contribution in [0.15, 0.2) is 88.8 Å². The van der Waals surface area contributed by atoms with E-state index in [1.54, 1.807) is 6.21 Å². The highest BCUT2D eigenvalue weighted by molar-refractivity contribution is 5.81. The predicted octanol–water partition coefficient (Wildman–Crippen LogP) is 5.91. The van der Waals surface area contributed by atoms with E-state index in [2.05, 4.69) is 5.10 Å². The number of aromatic nitrogens is 2. The van der Waals surface area contributed by atoms with Gasteiger partial charge >= 0.3 is 0 Å². The molecule has 1 heterocycles. The van der Waals surface area contributed by atoms with Crippen molar-refractivity contribution >= 4 is 17.1 Å². The number of rotatable bonds is 6. The van der Waals surface area contributed by atoms with Crippen molar-refractivity contribution in [3.8, 4) is 5.75 Å². The molecule has 0 amide bonds. The van der Waals surface area contributed by atoms with Gasteiger partial charge in [0.15, 0.2) is 0 Å². The lowest BCUT2D eigenvalue weighted by Crippen LogP contribution is -2.25. The van der Waals surface area contributed by atoms with E-state index in [0.29, 0.717) is 12.0 Å². The SMILES string of the molecule is O=c1c2ccccc2nc(C2CCCCC2)n1N=Cc1cccc(OCc2ccccc2)c1. The molecule has 3 aromatic carbocycles. The molecule has 5 rings (SSSR count). The quantitative estimate of drug-likeness (QED) is 0.353. The van der Waals surface area contributed by atoms with Crippen LogP contribution in [0.3, 0.4) is 0 Å². The fraction of sp³-hybridized carbons (Fsp3) is 0.250. The lowest BCUT2D eigenvalue weighted by Gasteiger charge is -2.22. The fourth-order valence-electron chi connectivity index (χ4n) is 4.43. The lowest BCUT2D eigenvalue weighted by atomic mass is 9.88. The van der Waals surface area contributed by atoms with Crippen LogP contribution in [0, 0.1) is 0 Å². The van der Waals surface area contributed by atoms with E-state index >= 15 is 0 Å². The van der Waals surface area contributed by atoms with Crippen LogP contribution < -0.4 is 10.3 Å². The van der Waals surface area contributed by atoms with Crippen molar-refractivity contribution in [2.24, 2.45) is 5.10 Å². The van der Waals surface area contributed by atoms with E-state index in [-0.39, 0.29) is 11.5 Å². The Morgan fingerprint density at radius 1 is 0.939 bits per heavy atom. The summed E-state index contributed by atoms with van der Waals surface area (Å²) < 4.78 is 7.45. The van der Waals surface area contributed by atoms with Gasteiger partial charge in [-0.3, -0.25) is 4.79 Å². The Morgan fingerprint density at radius 3 is 2.58 bits per heavy atom. The summed E-state index contributed by atoms with van der Waals surface area (Å²) in [6.07, 6.45) is 7.38. The average Bonchev–Trinajstić information content (AvgIpc) is 2.88. The van der Waals surface area contributed by atoms with Crippen molar-refractivity contribution < 1.29 is 4.74 Å². The molecule has 1 fully saturated rings. The van der Waals surface area contributed by atoms with Gasteiger partial charge < -0.3 is 4.74 Å². The molecule has 5 heteroatoms. The minimum absolute atomic E-state index is 0.117. The highest BCUT2D eigenvalue weighted by Crippen LogP contribution is 2.31. The number of para-hydroxylation sites is 1. The van der Waals surface area contributed by atoms with Gasteiger partial charge in [0, 0.05) is 5.92 Å². The van der Waals surface area contributed by atoms with E-state index in [0.717, 1.165) is 53.9 Å². The molecule has 0 N–H and O–H groups in total. The zero-order valence-electron chi connectivity index (χ0n) is 18.6. The Hall–Kier alpha value is -3.73. The van der Waals surface area contributed by atoms with Gasteiger partial charge in [0.2, 0.25) is 0 Å². The Kier molecular flexibility index (Phi) is 6.29. The number of hydrogen-bond donors (Lipinski definition) is 0. The zero-order valence-corrected chi connectivity index (χ0v) is 18.6. The summed E-state index contributed by atoms with van der Waals surface area (Å²) in [5.41, 5.74) is 2.61. The molecule has 0 bridgehead atoms. The molecule has 0 aliphatic heterocycles. The maximum absolute atomic E-state index is 13.3. The normalized spacial score (nSPS) is 14.7. The lowest BCUT2D eigenvalue weighted by molar-refractivity contribution is 0.306. The maximum Gasteiger partial charge on any atom is 0.282 e. The van der Waals surface area contributed by atoms with Crippen molar-refractivity contribution in [3.63, 3.8) is 0 Å². The molecule has 0 spiro atoms. The summed E-state index contributed by atoms with van der Waals surface area (Å²) >= 11 is 0. The first-order valence-corrected chi connectivity index (χ1v) is 11.6. The second kappa shape index (κ2) is 9.82. The summed E-state index contributed by atoms with van der Waals surface area (Å²) in [4.78, 5) is 18.2. The van der Waals surface area contributed by atoms with Crippen LogP contribution >= 0.6 is 0 Å². The molecule has 0 radical (unpaired) electrons.